The van der Waals surface area contributed by atoms with E-state index in [1.54, 1.807) is 0 Å². The molecule has 4 nitrogen and oxygen atoms in total. The van der Waals surface area contributed by atoms with Crippen LogP contribution < -0.4 is 5.32 Å². The van der Waals surface area contributed by atoms with Gasteiger partial charge in [-0.2, -0.15) is 0 Å². The van der Waals surface area contributed by atoms with E-state index in [1.165, 1.54) is 0 Å². The van der Waals surface area contributed by atoms with Crippen LogP contribution in [0.1, 0.15) is 53.4 Å². The van der Waals surface area contributed by atoms with Gasteiger partial charge in [-0.05, 0) is 38.0 Å². The van der Waals surface area contributed by atoms with E-state index >= 15 is 0 Å². The number of nitrogens with zero attached hydrogens (tertiary/aromatic N) is 1. The second-order valence-corrected chi connectivity index (χ2v) is 6.36. The van der Waals surface area contributed by atoms with Gasteiger partial charge in [0.2, 0.25) is 11.8 Å². The van der Waals surface area contributed by atoms with Crippen molar-refractivity contribution in [3.63, 3.8) is 0 Å². The highest BCUT2D eigenvalue weighted by molar-refractivity contribution is 6.00. The summed E-state index contributed by atoms with van der Waals surface area (Å²) in [4.78, 5) is 26.9. The van der Waals surface area contributed by atoms with Crippen molar-refractivity contribution >= 4 is 11.8 Å². The van der Waals surface area contributed by atoms with Gasteiger partial charge < -0.3 is 10.2 Å². The van der Waals surface area contributed by atoms with Crippen molar-refractivity contribution < 1.29 is 9.59 Å². The Hall–Kier alpha value is -1.06. The third kappa shape index (κ3) is 2.49. The summed E-state index contributed by atoms with van der Waals surface area (Å²) >= 11 is 0. The predicted molar refractivity (Wildman–Crippen MR) is 74.5 cm³/mol. The first-order valence-corrected chi connectivity index (χ1v) is 7.57. The lowest BCUT2D eigenvalue weighted by atomic mass is 9.88. The Morgan fingerprint density at radius 1 is 1.37 bits per heavy atom. The minimum atomic E-state index is -0.657. The summed E-state index contributed by atoms with van der Waals surface area (Å²) in [6.07, 6.45) is 3.82. The Morgan fingerprint density at radius 3 is 2.47 bits per heavy atom. The van der Waals surface area contributed by atoms with Crippen LogP contribution in [-0.2, 0) is 9.59 Å². The van der Waals surface area contributed by atoms with Crippen molar-refractivity contribution in [2.24, 2.45) is 11.8 Å². The van der Waals surface area contributed by atoms with Crippen LogP contribution in [0.25, 0.3) is 0 Å². The average molecular weight is 266 g/mol. The largest absolute Gasteiger partial charge is 0.340 e. The summed E-state index contributed by atoms with van der Waals surface area (Å²) in [5.74, 6) is 0.926. The van der Waals surface area contributed by atoms with Crippen molar-refractivity contribution in [2.45, 2.75) is 65.0 Å². The molecule has 3 unspecified atom stereocenters. The van der Waals surface area contributed by atoms with Crippen LogP contribution in [0.3, 0.4) is 0 Å². The predicted octanol–water partition coefficient (Wildman–Crippen LogP) is 1.94. The summed E-state index contributed by atoms with van der Waals surface area (Å²) < 4.78 is 0. The molecule has 1 N–H and O–H groups in total. The summed E-state index contributed by atoms with van der Waals surface area (Å²) in [5, 5.41) is 3.00. The molecule has 1 aliphatic heterocycles. The molecule has 0 aromatic carbocycles. The van der Waals surface area contributed by atoms with E-state index in [9.17, 15) is 9.59 Å². The first kappa shape index (κ1) is 14.4. The molecule has 1 saturated heterocycles. The van der Waals surface area contributed by atoms with Crippen molar-refractivity contribution in [3.05, 3.63) is 0 Å². The van der Waals surface area contributed by atoms with Gasteiger partial charge in [0.1, 0.15) is 11.6 Å². The van der Waals surface area contributed by atoms with Gasteiger partial charge in [0.15, 0.2) is 0 Å². The zero-order chi connectivity index (χ0) is 14.2. The molecule has 0 aromatic rings. The summed E-state index contributed by atoms with van der Waals surface area (Å²) in [6.45, 7) is 8.84. The molecule has 1 saturated carbocycles. The maximum atomic E-state index is 12.8. The quantitative estimate of drug-likeness (QED) is 0.826. The second-order valence-electron chi connectivity index (χ2n) is 6.36. The lowest BCUT2D eigenvalue weighted by Crippen LogP contribution is -2.70. The number of hydrogen-bond donors (Lipinski definition) is 1. The van der Waals surface area contributed by atoms with E-state index in [0.29, 0.717) is 24.8 Å². The molecule has 0 aromatic heterocycles. The Labute approximate surface area is 115 Å². The highest BCUT2D eigenvalue weighted by Crippen LogP contribution is 2.42. The normalized spacial score (nSPS) is 33.3. The van der Waals surface area contributed by atoms with Crippen molar-refractivity contribution in [1.82, 2.24) is 10.2 Å². The first-order valence-electron chi connectivity index (χ1n) is 7.57. The molecule has 2 fully saturated rings. The Bertz CT molecular complexity index is 378. The number of carbonyl (C=O) groups is 2. The van der Waals surface area contributed by atoms with Gasteiger partial charge in [-0.3, -0.25) is 9.59 Å². The monoisotopic (exact) mass is 266 g/mol. The van der Waals surface area contributed by atoms with Crippen LogP contribution >= 0.6 is 0 Å². The molecule has 4 heteroatoms. The fraction of sp³-hybridized carbons (Fsp3) is 0.867. The molecular weight excluding hydrogens is 240 g/mol. The molecule has 2 rings (SSSR count). The zero-order valence-corrected chi connectivity index (χ0v) is 12.5. The second kappa shape index (κ2) is 5.14. The van der Waals surface area contributed by atoms with Gasteiger partial charge in [-0.15, -0.1) is 0 Å². The van der Waals surface area contributed by atoms with Gasteiger partial charge >= 0.3 is 0 Å². The molecule has 0 radical (unpaired) electrons. The van der Waals surface area contributed by atoms with Gasteiger partial charge in [-0.1, -0.05) is 27.2 Å². The SMILES string of the molecule is CCC(C)CN1C(=O)C(C)(C2CC2)NC(=O)C1CC. The minimum absolute atomic E-state index is 0.0276. The van der Waals surface area contributed by atoms with Gasteiger partial charge in [0.25, 0.3) is 0 Å². The highest BCUT2D eigenvalue weighted by Gasteiger charge is 2.54. The van der Waals surface area contributed by atoms with E-state index in [2.05, 4.69) is 19.2 Å². The van der Waals surface area contributed by atoms with Gasteiger partial charge in [-0.25, -0.2) is 0 Å². The van der Waals surface area contributed by atoms with E-state index in [0.717, 1.165) is 19.3 Å². The molecule has 0 spiro atoms. The van der Waals surface area contributed by atoms with E-state index in [-0.39, 0.29) is 17.9 Å². The maximum absolute atomic E-state index is 12.8. The number of piperazine rings is 1. The highest BCUT2D eigenvalue weighted by atomic mass is 16.2. The lowest BCUT2D eigenvalue weighted by Gasteiger charge is -2.45. The summed E-state index contributed by atoms with van der Waals surface area (Å²) in [6, 6.07) is -0.284. The maximum Gasteiger partial charge on any atom is 0.249 e. The van der Waals surface area contributed by atoms with E-state index < -0.39 is 5.54 Å². The molecule has 0 bridgehead atoms. The van der Waals surface area contributed by atoms with E-state index in [1.807, 2.05) is 18.7 Å². The van der Waals surface area contributed by atoms with Crippen LogP contribution in [0.15, 0.2) is 0 Å². The van der Waals surface area contributed by atoms with Crippen LogP contribution in [0.4, 0.5) is 0 Å². The fourth-order valence-electron chi connectivity index (χ4n) is 2.99. The van der Waals surface area contributed by atoms with Crippen LogP contribution in [0.2, 0.25) is 0 Å². The Morgan fingerprint density at radius 2 is 2.00 bits per heavy atom. The smallest absolute Gasteiger partial charge is 0.249 e. The Kier molecular flexibility index (Phi) is 3.88. The minimum Gasteiger partial charge on any atom is -0.340 e. The summed E-state index contributed by atoms with van der Waals surface area (Å²) in [5.41, 5.74) is -0.657. The van der Waals surface area contributed by atoms with Crippen molar-refractivity contribution in [1.29, 1.82) is 0 Å². The van der Waals surface area contributed by atoms with Crippen LogP contribution in [-0.4, -0.2) is 34.8 Å². The number of rotatable bonds is 5. The molecule has 1 aliphatic carbocycles. The lowest BCUT2D eigenvalue weighted by molar-refractivity contribution is -0.156. The van der Waals surface area contributed by atoms with Crippen LogP contribution in [0, 0.1) is 11.8 Å². The third-order valence-corrected chi connectivity index (χ3v) is 4.75. The standard InChI is InChI=1S/C15H26N2O2/c1-5-10(3)9-17-12(6-2)13(18)16-15(4,14(17)19)11-7-8-11/h10-12H,5-9H2,1-4H3,(H,16,18). The number of carbonyl (C=O) groups excluding carboxylic acids is 2. The first-order chi connectivity index (χ1) is 8.93. The number of amides is 2. The van der Waals surface area contributed by atoms with Gasteiger partial charge in [0, 0.05) is 6.54 Å². The van der Waals surface area contributed by atoms with Crippen molar-refractivity contribution in [2.75, 3.05) is 6.54 Å². The number of hydrogen-bond acceptors (Lipinski definition) is 2. The molecule has 1 heterocycles. The molecule has 3 atom stereocenters. The van der Waals surface area contributed by atoms with Crippen LogP contribution in [0.5, 0.6) is 0 Å². The molecule has 2 aliphatic rings. The average Bonchev–Trinajstić information content (AvgIpc) is 3.20. The molecule has 2 amide bonds. The van der Waals surface area contributed by atoms with Gasteiger partial charge in [0.05, 0.1) is 0 Å². The molecular formula is C15H26N2O2. The Balaban J connectivity index is 2.23. The zero-order valence-electron chi connectivity index (χ0n) is 12.5. The third-order valence-electron chi connectivity index (χ3n) is 4.75. The van der Waals surface area contributed by atoms with Crippen molar-refractivity contribution in [3.8, 4) is 0 Å². The molecule has 19 heavy (non-hydrogen) atoms. The summed E-state index contributed by atoms with van der Waals surface area (Å²) in [7, 11) is 0. The molecule has 108 valence electrons. The topological polar surface area (TPSA) is 49.4 Å². The van der Waals surface area contributed by atoms with E-state index in [4.69, 9.17) is 0 Å². The fourth-order valence-corrected chi connectivity index (χ4v) is 2.99. The number of nitrogens with one attached hydrogen (secondary N) is 1.